The second kappa shape index (κ2) is 12.2. The Hall–Kier alpha value is -4.73. The van der Waals surface area contributed by atoms with Crippen molar-refractivity contribution in [3.8, 4) is 51.7 Å². The zero-order valence-corrected chi connectivity index (χ0v) is 24.6. The summed E-state index contributed by atoms with van der Waals surface area (Å²) in [4.78, 5) is 14.2. The quantitative estimate of drug-likeness (QED) is 0.289. The van der Waals surface area contributed by atoms with Crippen molar-refractivity contribution in [2.75, 3.05) is 64.0 Å². The fourth-order valence-electron chi connectivity index (χ4n) is 5.22. The second-order valence-corrected chi connectivity index (χ2v) is 8.89. The summed E-state index contributed by atoms with van der Waals surface area (Å²) in [6.45, 7) is 0. The second-order valence-electron chi connectivity index (χ2n) is 8.89. The number of carbonyl (C=O) groups excluding carboxylic acids is 1. The number of ether oxygens (including phenoxy) is 9. The minimum atomic E-state index is -0.611. The highest BCUT2D eigenvalue weighted by atomic mass is 16.5. The van der Waals surface area contributed by atoms with Crippen LogP contribution in [0.4, 0.5) is 0 Å². The van der Waals surface area contributed by atoms with Crippen LogP contribution in [0.15, 0.2) is 35.9 Å². The standard InChI is InChI=1S/C31H34O10/c1-33-20-11-16(12-21(34-2)28(20)38-6)10-18-25(17-13-22(35-3)29(39-7)23(14-17)36-4)26-19(27(18)32)15-24(37-5)30(40-8)31(26)41-9/h10-15,25H,1-9H3/b18-10-. The fourth-order valence-corrected chi connectivity index (χ4v) is 5.22. The highest BCUT2D eigenvalue weighted by Gasteiger charge is 2.41. The van der Waals surface area contributed by atoms with Gasteiger partial charge in [0.15, 0.2) is 40.3 Å². The SMILES string of the molecule is COc1cc(/C=C2\C(=O)c3cc(OC)c(OC)c(OC)c3C2c2cc(OC)c(OC)c(OC)c2)cc(OC)c1OC. The van der Waals surface area contributed by atoms with Crippen molar-refractivity contribution < 1.29 is 47.4 Å². The lowest BCUT2D eigenvalue weighted by molar-refractivity contribution is 0.103. The molecule has 0 heterocycles. The van der Waals surface area contributed by atoms with Gasteiger partial charge < -0.3 is 42.6 Å². The Bertz CT molecular complexity index is 1440. The molecule has 0 N–H and O–H groups in total. The highest BCUT2D eigenvalue weighted by Crippen LogP contribution is 2.55. The summed E-state index contributed by atoms with van der Waals surface area (Å²) in [5.74, 6) is 2.94. The van der Waals surface area contributed by atoms with Crippen LogP contribution in [0.2, 0.25) is 0 Å². The van der Waals surface area contributed by atoms with E-state index in [1.54, 1.807) is 24.3 Å². The van der Waals surface area contributed by atoms with Crippen LogP contribution in [0, 0.1) is 0 Å². The third-order valence-electron chi connectivity index (χ3n) is 7.00. The molecule has 41 heavy (non-hydrogen) atoms. The Balaban J connectivity index is 2.09. The zero-order chi connectivity index (χ0) is 29.8. The van der Waals surface area contributed by atoms with Crippen molar-refractivity contribution >= 4 is 11.9 Å². The van der Waals surface area contributed by atoms with E-state index in [1.807, 2.05) is 12.1 Å². The van der Waals surface area contributed by atoms with Gasteiger partial charge in [-0.1, -0.05) is 0 Å². The number of methoxy groups -OCH3 is 9. The highest BCUT2D eigenvalue weighted by molar-refractivity contribution is 6.18. The van der Waals surface area contributed by atoms with Gasteiger partial charge in [0.2, 0.25) is 17.2 Å². The van der Waals surface area contributed by atoms with E-state index in [0.717, 1.165) is 0 Å². The van der Waals surface area contributed by atoms with E-state index in [2.05, 4.69) is 0 Å². The van der Waals surface area contributed by atoms with E-state index >= 15 is 0 Å². The number of carbonyl (C=O) groups is 1. The minimum absolute atomic E-state index is 0.216. The van der Waals surface area contributed by atoms with Crippen LogP contribution in [0.5, 0.6) is 51.7 Å². The lowest BCUT2D eigenvalue weighted by Gasteiger charge is -2.22. The van der Waals surface area contributed by atoms with Crippen molar-refractivity contribution in [2.24, 2.45) is 0 Å². The smallest absolute Gasteiger partial charge is 0.203 e. The number of hydrogen-bond acceptors (Lipinski definition) is 10. The maximum Gasteiger partial charge on any atom is 0.203 e. The Morgan fingerprint density at radius 1 is 0.512 bits per heavy atom. The molecule has 1 aliphatic rings. The number of benzene rings is 3. The maximum absolute atomic E-state index is 14.2. The molecule has 4 rings (SSSR count). The van der Waals surface area contributed by atoms with Gasteiger partial charge in [-0.05, 0) is 47.5 Å². The molecule has 10 heteroatoms. The van der Waals surface area contributed by atoms with Crippen LogP contribution >= 0.6 is 0 Å². The molecule has 3 aromatic rings. The monoisotopic (exact) mass is 566 g/mol. The van der Waals surface area contributed by atoms with Crippen molar-refractivity contribution in [1.82, 2.24) is 0 Å². The Morgan fingerprint density at radius 2 is 0.927 bits per heavy atom. The van der Waals surface area contributed by atoms with Crippen LogP contribution in [0.1, 0.15) is 33.0 Å². The molecule has 0 aromatic heterocycles. The first kappa shape index (κ1) is 29.3. The van der Waals surface area contributed by atoms with E-state index in [0.29, 0.717) is 79.6 Å². The fraction of sp³-hybridized carbons (Fsp3) is 0.323. The molecular weight excluding hydrogens is 532 g/mol. The molecule has 0 bridgehead atoms. The normalized spacial score (nSPS) is 14.8. The Morgan fingerprint density at radius 3 is 1.34 bits per heavy atom. The van der Waals surface area contributed by atoms with Gasteiger partial charge in [0.05, 0.1) is 64.0 Å². The molecule has 0 saturated carbocycles. The molecule has 218 valence electrons. The van der Waals surface area contributed by atoms with Crippen molar-refractivity contribution in [2.45, 2.75) is 5.92 Å². The molecule has 3 aromatic carbocycles. The van der Waals surface area contributed by atoms with Crippen LogP contribution < -0.4 is 42.6 Å². The van der Waals surface area contributed by atoms with E-state index < -0.39 is 5.92 Å². The lowest BCUT2D eigenvalue weighted by Crippen LogP contribution is -2.06. The average molecular weight is 567 g/mol. The van der Waals surface area contributed by atoms with Crippen LogP contribution in [0.3, 0.4) is 0 Å². The van der Waals surface area contributed by atoms with Crippen LogP contribution in [-0.2, 0) is 0 Å². The van der Waals surface area contributed by atoms with Gasteiger partial charge in [-0.25, -0.2) is 0 Å². The number of hydrogen-bond donors (Lipinski definition) is 0. The number of rotatable bonds is 11. The average Bonchev–Trinajstić information content (AvgIpc) is 3.28. The predicted molar refractivity (Wildman–Crippen MR) is 152 cm³/mol. The van der Waals surface area contributed by atoms with E-state index in [9.17, 15) is 4.79 Å². The Labute approximate surface area is 239 Å². The van der Waals surface area contributed by atoms with Gasteiger partial charge in [0.25, 0.3) is 0 Å². The van der Waals surface area contributed by atoms with Crippen molar-refractivity contribution in [3.05, 3.63) is 58.2 Å². The Kier molecular flexibility index (Phi) is 8.71. The van der Waals surface area contributed by atoms with E-state index in [4.69, 9.17) is 42.6 Å². The van der Waals surface area contributed by atoms with Gasteiger partial charge in [-0.3, -0.25) is 4.79 Å². The topological polar surface area (TPSA) is 100 Å². The van der Waals surface area contributed by atoms with Gasteiger partial charge in [-0.15, -0.1) is 0 Å². The molecular formula is C31H34O10. The third kappa shape index (κ3) is 4.90. The van der Waals surface area contributed by atoms with Crippen molar-refractivity contribution in [1.29, 1.82) is 0 Å². The first-order chi connectivity index (χ1) is 19.8. The summed E-state index contributed by atoms with van der Waals surface area (Å²) in [6, 6.07) is 8.84. The first-order valence-electron chi connectivity index (χ1n) is 12.5. The molecule has 10 nitrogen and oxygen atoms in total. The van der Waals surface area contributed by atoms with Crippen molar-refractivity contribution in [3.63, 3.8) is 0 Å². The lowest BCUT2D eigenvalue weighted by atomic mass is 9.87. The van der Waals surface area contributed by atoms with Gasteiger partial charge in [0, 0.05) is 22.6 Å². The van der Waals surface area contributed by atoms with E-state index in [-0.39, 0.29) is 5.78 Å². The predicted octanol–water partition coefficient (Wildman–Crippen LogP) is 5.18. The maximum atomic E-state index is 14.2. The summed E-state index contributed by atoms with van der Waals surface area (Å²) in [5.41, 5.74) is 2.85. The summed E-state index contributed by atoms with van der Waals surface area (Å²) < 4.78 is 50.5. The molecule has 1 aliphatic carbocycles. The minimum Gasteiger partial charge on any atom is -0.493 e. The van der Waals surface area contributed by atoms with Crippen LogP contribution in [-0.4, -0.2) is 69.8 Å². The number of Topliss-reactive ketones (excluding diaryl/α,β-unsaturated/α-hetero) is 1. The molecule has 1 unspecified atom stereocenters. The van der Waals surface area contributed by atoms with Gasteiger partial charge in [-0.2, -0.15) is 0 Å². The molecule has 0 amide bonds. The largest absolute Gasteiger partial charge is 0.493 e. The first-order valence-corrected chi connectivity index (χ1v) is 12.5. The van der Waals surface area contributed by atoms with Crippen LogP contribution in [0.25, 0.3) is 6.08 Å². The third-order valence-corrected chi connectivity index (χ3v) is 7.00. The molecule has 0 aliphatic heterocycles. The summed E-state index contributed by atoms with van der Waals surface area (Å²) in [6.07, 6.45) is 1.79. The number of fused-ring (bicyclic) bond motifs is 1. The number of ketones is 1. The molecule has 0 radical (unpaired) electrons. The van der Waals surface area contributed by atoms with Gasteiger partial charge >= 0.3 is 0 Å². The zero-order valence-electron chi connectivity index (χ0n) is 24.6. The molecule has 0 spiro atoms. The van der Waals surface area contributed by atoms with E-state index in [1.165, 1.54) is 64.0 Å². The molecule has 1 atom stereocenters. The van der Waals surface area contributed by atoms with Gasteiger partial charge in [0.1, 0.15) is 0 Å². The molecule has 0 fully saturated rings. The number of allylic oxidation sites excluding steroid dienone is 1. The summed E-state index contributed by atoms with van der Waals surface area (Å²) >= 11 is 0. The summed E-state index contributed by atoms with van der Waals surface area (Å²) in [5, 5.41) is 0. The molecule has 0 saturated heterocycles. The summed E-state index contributed by atoms with van der Waals surface area (Å²) in [7, 11) is 13.8.